The lowest BCUT2D eigenvalue weighted by atomic mass is 9.92. The van der Waals surface area contributed by atoms with E-state index in [4.69, 9.17) is 16.7 Å². The summed E-state index contributed by atoms with van der Waals surface area (Å²) in [6.45, 7) is 5.92. The Bertz CT molecular complexity index is 1430. The van der Waals surface area contributed by atoms with E-state index in [-0.39, 0.29) is 24.2 Å². The highest BCUT2D eigenvalue weighted by Gasteiger charge is 2.24. The average Bonchev–Trinajstić information content (AvgIpc) is 3.30. The smallest absolute Gasteiger partial charge is 0.311 e. The van der Waals surface area contributed by atoms with Gasteiger partial charge in [-0.3, -0.25) is 4.79 Å². The Balaban J connectivity index is 1.60. The van der Waals surface area contributed by atoms with Crippen molar-refractivity contribution >= 4 is 35.0 Å². The molecule has 0 unspecified atom stereocenters. The van der Waals surface area contributed by atoms with Crippen molar-refractivity contribution in [3.05, 3.63) is 107 Å². The maximum Gasteiger partial charge on any atom is 0.322 e. The molecular formula is C29H29ClFN5O2. The summed E-state index contributed by atoms with van der Waals surface area (Å²) >= 11 is 6.43. The van der Waals surface area contributed by atoms with Gasteiger partial charge in [-0.2, -0.15) is 5.10 Å². The van der Waals surface area contributed by atoms with Crippen LogP contribution in [0.2, 0.25) is 5.02 Å². The molecule has 0 aliphatic carbocycles. The fourth-order valence-corrected chi connectivity index (χ4v) is 3.98. The number of nitrogens with zero attached hydrogens (tertiary/aromatic N) is 3. The minimum atomic E-state index is -0.607. The van der Waals surface area contributed by atoms with E-state index in [0.29, 0.717) is 16.5 Å². The van der Waals surface area contributed by atoms with E-state index in [1.807, 2.05) is 63.2 Å². The van der Waals surface area contributed by atoms with Crippen LogP contribution < -0.4 is 10.6 Å². The molecule has 0 bridgehead atoms. The van der Waals surface area contributed by atoms with Crippen LogP contribution in [0.15, 0.2) is 84.9 Å². The first-order valence-corrected chi connectivity index (χ1v) is 12.5. The molecule has 3 amide bonds. The number of carbonyl (C=O) groups is 2. The maximum atomic E-state index is 14.2. The van der Waals surface area contributed by atoms with Crippen molar-refractivity contribution in [2.45, 2.75) is 32.7 Å². The largest absolute Gasteiger partial charge is 0.322 e. The lowest BCUT2D eigenvalue weighted by Crippen LogP contribution is -2.40. The van der Waals surface area contributed by atoms with E-state index >= 15 is 0 Å². The highest BCUT2D eigenvalue weighted by molar-refractivity contribution is 6.32. The monoisotopic (exact) mass is 533 g/mol. The minimum Gasteiger partial charge on any atom is -0.311 e. The molecule has 0 aliphatic heterocycles. The number of amides is 3. The Labute approximate surface area is 226 Å². The third-order valence-electron chi connectivity index (χ3n) is 5.78. The summed E-state index contributed by atoms with van der Waals surface area (Å²) < 4.78 is 15.8. The third kappa shape index (κ3) is 6.58. The van der Waals surface area contributed by atoms with Crippen LogP contribution in [0.5, 0.6) is 0 Å². The molecule has 9 heteroatoms. The Morgan fingerprint density at radius 2 is 1.61 bits per heavy atom. The molecule has 0 saturated carbocycles. The molecule has 38 heavy (non-hydrogen) atoms. The summed E-state index contributed by atoms with van der Waals surface area (Å²) in [4.78, 5) is 27.8. The van der Waals surface area contributed by atoms with Gasteiger partial charge in [0.15, 0.2) is 0 Å². The molecule has 0 atom stereocenters. The highest BCUT2D eigenvalue weighted by Crippen LogP contribution is 2.29. The van der Waals surface area contributed by atoms with Crippen LogP contribution in [0.25, 0.3) is 5.69 Å². The lowest BCUT2D eigenvalue weighted by molar-refractivity contribution is -0.116. The standard InChI is InChI=1S/C29H29ClFN5O2/c1-29(2,3)25-17-26(36(34-25)24-16-10-7-13-21(24)30)33-27(37)19-35(18-20-11-5-4-6-12-20)28(38)32-23-15-9-8-14-22(23)31/h4-17H,18-19H2,1-3H3,(H,32,38)(H,33,37). The van der Waals surface area contributed by atoms with Crippen LogP contribution in [0.3, 0.4) is 0 Å². The molecule has 0 spiro atoms. The zero-order valence-corrected chi connectivity index (χ0v) is 22.2. The van der Waals surface area contributed by atoms with Gasteiger partial charge in [0.05, 0.1) is 22.1 Å². The normalized spacial score (nSPS) is 11.2. The van der Waals surface area contributed by atoms with Crippen LogP contribution in [-0.2, 0) is 16.8 Å². The van der Waals surface area contributed by atoms with Crippen molar-refractivity contribution in [1.82, 2.24) is 14.7 Å². The fourth-order valence-electron chi connectivity index (χ4n) is 3.76. The van der Waals surface area contributed by atoms with Crippen LogP contribution in [0, 0.1) is 5.82 Å². The van der Waals surface area contributed by atoms with E-state index in [1.165, 1.54) is 23.1 Å². The molecular weight excluding hydrogens is 505 g/mol. The Hall–Kier alpha value is -4.17. The van der Waals surface area contributed by atoms with Gasteiger partial charge in [0, 0.05) is 18.0 Å². The summed E-state index contributed by atoms with van der Waals surface area (Å²) in [5.74, 6) is -0.594. The van der Waals surface area contributed by atoms with Gasteiger partial charge in [0.1, 0.15) is 18.2 Å². The molecule has 196 valence electrons. The maximum absolute atomic E-state index is 14.2. The van der Waals surface area contributed by atoms with Gasteiger partial charge in [-0.25, -0.2) is 13.9 Å². The summed E-state index contributed by atoms with van der Waals surface area (Å²) in [7, 11) is 0. The van der Waals surface area contributed by atoms with Gasteiger partial charge >= 0.3 is 6.03 Å². The van der Waals surface area contributed by atoms with Crippen molar-refractivity contribution in [2.75, 3.05) is 17.2 Å². The summed E-state index contributed by atoms with van der Waals surface area (Å²) in [6.07, 6.45) is 0. The number of hydrogen-bond donors (Lipinski definition) is 2. The second-order valence-corrected chi connectivity index (χ2v) is 10.2. The molecule has 4 aromatic rings. The summed E-state index contributed by atoms with van der Waals surface area (Å²) in [5, 5.41) is 10.6. The second-order valence-electron chi connectivity index (χ2n) is 9.83. The third-order valence-corrected chi connectivity index (χ3v) is 6.10. The number of hydrogen-bond acceptors (Lipinski definition) is 3. The first-order chi connectivity index (χ1) is 18.1. The first-order valence-electron chi connectivity index (χ1n) is 12.1. The molecule has 0 radical (unpaired) electrons. The van der Waals surface area contributed by atoms with Crippen molar-refractivity contribution in [2.24, 2.45) is 0 Å². The zero-order chi connectivity index (χ0) is 27.3. The fraction of sp³-hybridized carbons (Fsp3) is 0.207. The number of anilines is 2. The van der Waals surface area contributed by atoms with E-state index in [1.54, 1.807) is 28.9 Å². The number of carbonyl (C=O) groups excluding carboxylic acids is 2. The zero-order valence-electron chi connectivity index (χ0n) is 21.4. The van der Waals surface area contributed by atoms with Crippen LogP contribution in [-0.4, -0.2) is 33.2 Å². The minimum absolute atomic E-state index is 0.0302. The summed E-state index contributed by atoms with van der Waals surface area (Å²) in [5.41, 5.74) is 1.93. The van der Waals surface area contributed by atoms with Gasteiger partial charge < -0.3 is 15.5 Å². The SMILES string of the molecule is CC(C)(C)c1cc(NC(=O)CN(Cc2ccccc2)C(=O)Nc2ccccc2F)n(-c2ccccc2Cl)n1. The highest BCUT2D eigenvalue weighted by atomic mass is 35.5. The number of benzene rings is 3. The van der Waals surface area contributed by atoms with Crippen molar-refractivity contribution in [3.63, 3.8) is 0 Å². The Morgan fingerprint density at radius 1 is 0.947 bits per heavy atom. The molecule has 3 aromatic carbocycles. The molecule has 0 aliphatic rings. The molecule has 1 aromatic heterocycles. The van der Waals surface area contributed by atoms with Gasteiger partial charge in [0.2, 0.25) is 5.91 Å². The molecule has 4 rings (SSSR count). The van der Waals surface area contributed by atoms with Crippen molar-refractivity contribution < 1.29 is 14.0 Å². The predicted octanol–water partition coefficient (Wildman–Crippen LogP) is 6.64. The number of urea groups is 1. The number of rotatable bonds is 7. The van der Waals surface area contributed by atoms with E-state index in [9.17, 15) is 14.0 Å². The molecule has 0 saturated heterocycles. The number of halogens is 2. The van der Waals surface area contributed by atoms with Crippen LogP contribution >= 0.6 is 11.6 Å². The number of aromatic nitrogens is 2. The molecule has 2 N–H and O–H groups in total. The predicted molar refractivity (Wildman–Crippen MR) is 148 cm³/mol. The Morgan fingerprint density at radius 3 is 2.29 bits per heavy atom. The number of para-hydroxylation sites is 2. The quantitative estimate of drug-likeness (QED) is 0.279. The molecule has 1 heterocycles. The lowest BCUT2D eigenvalue weighted by Gasteiger charge is -2.23. The van der Waals surface area contributed by atoms with Crippen molar-refractivity contribution in [3.8, 4) is 5.69 Å². The van der Waals surface area contributed by atoms with Crippen LogP contribution in [0.4, 0.5) is 20.7 Å². The Kier molecular flexibility index (Phi) is 8.12. The van der Waals surface area contributed by atoms with Gasteiger partial charge in [-0.1, -0.05) is 87.0 Å². The van der Waals surface area contributed by atoms with E-state index < -0.39 is 17.8 Å². The van der Waals surface area contributed by atoms with Gasteiger partial charge in [-0.15, -0.1) is 0 Å². The second kappa shape index (κ2) is 11.5. The topological polar surface area (TPSA) is 79.3 Å². The van der Waals surface area contributed by atoms with Crippen LogP contribution in [0.1, 0.15) is 32.0 Å². The number of nitrogens with one attached hydrogen (secondary N) is 2. The van der Waals surface area contributed by atoms with E-state index in [2.05, 4.69) is 10.6 Å². The average molecular weight is 534 g/mol. The summed E-state index contributed by atoms with van der Waals surface area (Å²) in [6, 6.07) is 23.5. The molecule has 7 nitrogen and oxygen atoms in total. The van der Waals surface area contributed by atoms with Crippen molar-refractivity contribution in [1.29, 1.82) is 0 Å². The van der Waals surface area contributed by atoms with E-state index in [0.717, 1.165) is 11.3 Å². The first kappa shape index (κ1) is 26.9. The molecule has 0 fully saturated rings. The van der Waals surface area contributed by atoms with Gasteiger partial charge in [-0.05, 0) is 29.8 Å². The van der Waals surface area contributed by atoms with Gasteiger partial charge in [0.25, 0.3) is 0 Å².